The lowest BCUT2D eigenvalue weighted by atomic mass is 10.1. The van der Waals surface area contributed by atoms with Crippen LogP contribution in [0.3, 0.4) is 0 Å². The first-order chi connectivity index (χ1) is 10.1. The molecule has 0 fully saturated rings. The predicted octanol–water partition coefficient (Wildman–Crippen LogP) is 2.98. The zero-order valence-electron chi connectivity index (χ0n) is 11.0. The van der Waals surface area contributed by atoms with E-state index < -0.39 is 0 Å². The first-order valence-corrected chi connectivity index (χ1v) is 7.11. The summed E-state index contributed by atoms with van der Waals surface area (Å²) in [5.41, 5.74) is 2.36. The van der Waals surface area contributed by atoms with Crippen molar-refractivity contribution in [1.29, 1.82) is 0 Å². The molecule has 5 nitrogen and oxygen atoms in total. The van der Waals surface area contributed by atoms with E-state index in [1.165, 1.54) is 0 Å². The Kier molecular flexibility index (Phi) is 3.62. The summed E-state index contributed by atoms with van der Waals surface area (Å²) in [6.07, 6.45) is 5.57. The normalized spacial score (nSPS) is 10.7. The summed E-state index contributed by atoms with van der Waals surface area (Å²) in [4.78, 5) is 16.2. The molecule has 0 aliphatic rings. The number of nitrogens with one attached hydrogen (secondary N) is 1. The second kappa shape index (κ2) is 5.57. The number of pyridine rings is 1. The number of benzene rings is 1. The highest BCUT2D eigenvalue weighted by Crippen LogP contribution is 2.24. The maximum atomic E-state index is 12.0. The van der Waals surface area contributed by atoms with Gasteiger partial charge in [0.2, 0.25) is 5.91 Å². The van der Waals surface area contributed by atoms with Crippen LogP contribution in [0, 0.1) is 0 Å². The predicted molar refractivity (Wildman–Crippen MR) is 83.3 cm³/mol. The number of hydrogen-bond acceptors (Lipinski definition) is 3. The molecule has 0 bridgehead atoms. The third kappa shape index (κ3) is 3.05. The molecule has 0 spiro atoms. The van der Waals surface area contributed by atoms with E-state index in [2.05, 4.69) is 26.2 Å². The fraction of sp³-hybridized carbons (Fsp3) is 0.0667. The summed E-state index contributed by atoms with van der Waals surface area (Å²) in [5.74, 6) is 0.0387. The Hall–Kier alpha value is -2.34. The number of amides is 1. The van der Waals surface area contributed by atoms with E-state index in [4.69, 9.17) is 0 Å². The van der Waals surface area contributed by atoms with E-state index in [1.54, 1.807) is 24.4 Å². The molecule has 0 aliphatic heterocycles. The third-order valence-electron chi connectivity index (χ3n) is 3.05. The van der Waals surface area contributed by atoms with E-state index in [9.17, 15) is 9.90 Å². The summed E-state index contributed by atoms with van der Waals surface area (Å²) in [6.45, 7) is 0. The molecular weight excluding hydrogens is 334 g/mol. The maximum absolute atomic E-state index is 12.0. The number of halogens is 1. The van der Waals surface area contributed by atoms with Gasteiger partial charge in [0.15, 0.2) is 0 Å². The Labute approximate surface area is 129 Å². The molecule has 0 unspecified atom stereocenters. The van der Waals surface area contributed by atoms with Crippen molar-refractivity contribution in [2.75, 3.05) is 5.32 Å². The van der Waals surface area contributed by atoms with Crippen molar-refractivity contribution in [2.24, 2.45) is 0 Å². The number of aromatic nitrogens is 2. The summed E-state index contributed by atoms with van der Waals surface area (Å²) in [7, 11) is 0. The molecule has 0 saturated carbocycles. The number of carbonyl (C=O) groups is 1. The highest BCUT2D eigenvalue weighted by molar-refractivity contribution is 9.10. The fourth-order valence-corrected chi connectivity index (χ4v) is 2.47. The molecule has 2 heterocycles. The molecule has 2 aromatic heterocycles. The number of fused-ring (bicyclic) bond motifs is 1. The van der Waals surface area contributed by atoms with Crippen molar-refractivity contribution in [2.45, 2.75) is 6.42 Å². The zero-order chi connectivity index (χ0) is 14.8. The summed E-state index contributed by atoms with van der Waals surface area (Å²) in [6, 6.07) is 8.66. The lowest BCUT2D eigenvalue weighted by Gasteiger charge is -2.07. The van der Waals surface area contributed by atoms with Crippen LogP contribution in [0.15, 0.2) is 53.4 Å². The first-order valence-electron chi connectivity index (χ1n) is 6.32. The fourth-order valence-electron chi connectivity index (χ4n) is 2.04. The van der Waals surface area contributed by atoms with E-state index >= 15 is 0 Å². The van der Waals surface area contributed by atoms with E-state index in [-0.39, 0.29) is 18.1 Å². The Bertz CT molecular complexity index is 814. The van der Waals surface area contributed by atoms with Crippen LogP contribution in [0.1, 0.15) is 5.56 Å². The Morgan fingerprint density at radius 1 is 1.33 bits per heavy atom. The van der Waals surface area contributed by atoms with Gasteiger partial charge in [0, 0.05) is 18.6 Å². The molecule has 3 aromatic rings. The summed E-state index contributed by atoms with van der Waals surface area (Å²) >= 11 is 3.23. The van der Waals surface area contributed by atoms with Crippen LogP contribution in [-0.4, -0.2) is 20.4 Å². The van der Waals surface area contributed by atoms with Crippen molar-refractivity contribution in [3.8, 4) is 5.75 Å². The molecule has 106 valence electrons. The zero-order valence-corrected chi connectivity index (χ0v) is 12.5. The van der Waals surface area contributed by atoms with Gasteiger partial charge in [-0.3, -0.25) is 4.79 Å². The molecule has 1 amide bonds. The van der Waals surface area contributed by atoms with Crippen molar-refractivity contribution >= 4 is 33.2 Å². The van der Waals surface area contributed by atoms with Crippen LogP contribution in [0.2, 0.25) is 0 Å². The van der Waals surface area contributed by atoms with Crippen molar-refractivity contribution in [3.05, 3.63) is 59.0 Å². The monoisotopic (exact) mass is 345 g/mol. The highest BCUT2D eigenvalue weighted by atomic mass is 79.9. The molecule has 1 aromatic carbocycles. The minimum Gasteiger partial charge on any atom is -0.507 e. The standard InChI is InChI=1S/C15H12BrN3O2/c16-12-7-10(1-3-13(12)20)8-15(21)18-11-2-4-14-17-5-6-19(14)9-11/h1-7,9,20H,8H2,(H,18,21). The van der Waals surface area contributed by atoms with Gasteiger partial charge in [0.1, 0.15) is 11.4 Å². The van der Waals surface area contributed by atoms with Gasteiger partial charge in [-0.15, -0.1) is 0 Å². The van der Waals surface area contributed by atoms with Crippen LogP contribution >= 0.6 is 15.9 Å². The second-order valence-electron chi connectivity index (χ2n) is 4.62. The van der Waals surface area contributed by atoms with Gasteiger partial charge in [-0.25, -0.2) is 4.98 Å². The van der Waals surface area contributed by atoms with E-state index in [1.807, 2.05) is 28.9 Å². The number of phenolic OH excluding ortho intramolecular Hbond substituents is 1. The lowest BCUT2D eigenvalue weighted by Crippen LogP contribution is -2.14. The molecule has 6 heteroatoms. The Balaban J connectivity index is 1.71. The van der Waals surface area contributed by atoms with Crippen LogP contribution in [0.4, 0.5) is 5.69 Å². The molecular formula is C15H12BrN3O2. The molecule has 2 N–H and O–H groups in total. The van der Waals surface area contributed by atoms with Gasteiger partial charge >= 0.3 is 0 Å². The third-order valence-corrected chi connectivity index (χ3v) is 3.68. The minimum atomic E-state index is -0.118. The van der Waals surface area contributed by atoms with Crippen LogP contribution in [-0.2, 0) is 11.2 Å². The molecule has 0 saturated heterocycles. The van der Waals surface area contributed by atoms with E-state index in [0.717, 1.165) is 11.2 Å². The SMILES string of the molecule is O=C(Cc1ccc(O)c(Br)c1)Nc1ccc2nccn2c1. The highest BCUT2D eigenvalue weighted by Gasteiger charge is 2.07. The van der Waals surface area contributed by atoms with Crippen LogP contribution < -0.4 is 5.32 Å². The Morgan fingerprint density at radius 2 is 2.19 bits per heavy atom. The number of hydrogen-bond donors (Lipinski definition) is 2. The van der Waals surface area contributed by atoms with Gasteiger partial charge in [-0.1, -0.05) is 6.07 Å². The van der Waals surface area contributed by atoms with Gasteiger partial charge in [-0.2, -0.15) is 0 Å². The average Bonchev–Trinajstić information content (AvgIpc) is 2.90. The molecule has 3 rings (SSSR count). The second-order valence-corrected chi connectivity index (χ2v) is 5.48. The number of rotatable bonds is 3. The first kappa shape index (κ1) is 13.6. The van der Waals surface area contributed by atoms with Crippen LogP contribution in [0.25, 0.3) is 5.65 Å². The Morgan fingerprint density at radius 3 is 3.00 bits per heavy atom. The topological polar surface area (TPSA) is 66.6 Å². The molecule has 0 atom stereocenters. The molecule has 0 radical (unpaired) electrons. The van der Waals surface area contributed by atoms with Gasteiger partial charge in [-0.05, 0) is 45.8 Å². The van der Waals surface area contributed by atoms with Gasteiger partial charge in [0.05, 0.1) is 16.6 Å². The summed E-state index contributed by atoms with van der Waals surface area (Å²) in [5, 5.41) is 12.3. The van der Waals surface area contributed by atoms with Crippen molar-refractivity contribution < 1.29 is 9.90 Å². The number of aromatic hydroxyl groups is 1. The van der Waals surface area contributed by atoms with Crippen molar-refractivity contribution in [3.63, 3.8) is 0 Å². The lowest BCUT2D eigenvalue weighted by molar-refractivity contribution is -0.115. The van der Waals surface area contributed by atoms with E-state index in [0.29, 0.717) is 10.2 Å². The number of imidazole rings is 1. The number of anilines is 1. The average molecular weight is 346 g/mol. The van der Waals surface area contributed by atoms with Gasteiger partial charge in [0.25, 0.3) is 0 Å². The summed E-state index contributed by atoms with van der Waals surface area (Å²) < 4.78 is 2.42. The van der Waals surface area contributed by atoms with Gasteiger partial charge < -0.3 is 14.8 Å². The van der Waals surface area contributed by atoms with Crippen LogP contribution in [0.5, 0.6) is 5.75 Å². The number of carbonyl (C=O) groups excluding carboxylic acids is 1. The largest absolute Gasteiger partial charge is 0.507 e. The quantitative estimate of drug-likeness (QED) is 0.766. The maximum Gasteiger partial charge on any atom is 0.228 e. The molecule has 21 heavy (non-hydrogen) atoms. The number of nitrogens with zero attached hydrogens (tertiary/aromatic N) is 2. The minimum absolute atomic E-state index is 0.118. The van der Waals surface area contributed by atoms with Crippen molar-refractivity contribution in [1.82, 2.24) is 9.38 Å². The smallest absolute Gasteiger partial charge is 0.228 e. The molecule has 0 aliphatic carbocycles. The number of phenols is 1.